The van der Waals surface area contributed by atoms with Gasteiger partial charge >= 0.3 is 41.5 Å². The first-order chi connectivity index (χ1) is 16.1. The average Bonchev–Trinajstić information content (AvgIpc) is 3.42. The van der Waals surface area contributed by atoms with Crippen LogP contribution in [0.2, 0.25) is 0 Å². The fourth-order valence-corrected chi connectivity index (χ4v) is 4.47. The van der Waals surface area contributed by atoms with Crippen LogP contribution in [0, 0.1) is 0 Å². The maximum absolute atomic E-state index is 12.3. The minimum Gasteiger partial charge on any atom is -0.870 e. The number of ether oxygens (including phenoxy) is 5. The normalized spacial score (nSPS) is 30.4. The van der Waals surface area contributed by atoms with Gasteiger partial charge in [0.25, 0.3) is 0 Å². The largest absolute Gasteiger partial charge is 1.00 e. The van der Waals surface area contributed by atoms with Crippen molar-refractivity contribution in [2.45, 2.75) is 68.9 Å². The predicted octanol–water partition coefficient (Wildman–Crippen LogP) is -0.265. The Morgan fingerprint density at radius 3 is 2.51 bits per heavy atom. The number of carbonyl (C=O) groups excluding carboxylic acids is 1. The van der Waals surface area contributed by atoms with Gasteiger partial charge in [0, 0.05) is 10.5 Å². The summed E-state index contributed by atoms with van der Waals surface area (Å²) >= 11 is 1.08. The molecule has 10 nitrogen and oxygen atoms in total. The Hall–Kier alpha value is -1.28. The van der Waals surface area contributed by atoms with Crippen LogP contribution in [0.25, 0.3) is 5.57 Å². The molecule has 1 unspecified atom stereocenters. The number of carbonyl (C=O) groups is 1. The Kier molecular flexibility index (Phi) is 8.89. The van der Waals surface area contributed by atoms with Gasteiger partial charge in [0.15, 0.2) is 11.5 Å². The number of aliphatic hydroxyl groups is 1. The third-order valence-corrected chi connectivity index (χ3v) is 6.43. The maximum Gasteiger partial charge on any atom is 1.00 e. The molecule has 3 heterocycles. The number of esters is 1. The molecule has 3 aliphatic rings. The van der Waals surface area contributed by atoms with Crippen molar-refractivity contribution in [3.8, 4) is 0 Å². The van der Waals surface area contributed by atoms with Gasteiger partial charge in [-0.1, -0.05) is 19.1 Å². The van der Waals surface area contributed by atoms with Crippen molar-refractivity contribution in [1.29, 1.82) is 0 Å². The van der Waals surface area contributed by atoms with E-state index in [1.807, 2.05) is 52.0 Å². The molecule has 0 aliphatic carbocycles. The van der Waals surface area contributed by atoms with Crippen molar-refractivity contribution in [2.75, 3.05) is 13.7 Å². The molecule has 1 saturated heterocycles. The standard InChI is InChI=1S/C23H28O10S.Na/c1-6-22(4)16(13-7-9-14(10-8-13)34-33-27-5)20(29-12(2)3)23(32-22)28-11-15(31-23)19-17(24)18(25)21(26)30-19;/h7-10,12,15,19,24-25H,6,11H2,1-5H3;/q;+1/p-1/t15-,19+,22+,23?;/m0./s1. The summed E-state index contributed by atoms with van der Waals surface area (Å²) in [4.78, 5) is 17.1. The van der Waals surface area contributed by atoms with E-state index >= 15 is 0 Å². The van der Waals surface area contributed by atoms with E-state index in [9.17, 15) is 15.0 Å². The summed E-state index contributed by atoms with van der Waals surface area (Å²) in [7, 11) is 1.43. The smallest absolute Gasteiger partial charge is 0.870 e. The first kappa shape index (κ1) is 28.3. The third kappa shape index (κ3) is 5.25. The van der Waals surface area contributed by atoms with Crippen molar-refractivity contribution in [2.24, 2.45) is 0 Å². The molecule has 186 valence electrons. The summed E-state index contributed by atoms with van der Waals surface area (Å²) in [6.45, 7) is 7.48. The molecule has 1 spiro atoms. The average molecular weight is 519 g/mol. The van der Waals surface area contributed by atoms with Gasteiger partial charge in [0.1, 0.15) is 17.8 Å². The Labute approximate surface area is 229 Å². The van der Waals surface area contributed by atoms with Gasteiger partial charge in [-0.25, -0.2) is 9.68 Å². The van der Waals surface area contributed by atoms with Crippen LogP contribution in [0.1, 0.15) is 39.7 Å². The monoisotopic (exact) mass is 518 g/mol. The number of aliphatic hydroxyl groups excluding tert-OH is 1. The van der Waals surface area contributed by atoms with Crippen LogP contribution in [0.3, 0.4) is 0 Å². The molecule has 1 aromatic carbocycles. The van der Waals surface area contributed by atoms with Crippen LogP contribution in [0.4, 0.5) is 0 Å². The van der Waals surface area contributed by atoms with Crippen LogP contribution in [0.15, 0.2) is 46.4 Å². The minimum absolute atomic E-state index is 0. The fourth-order valence-electron chi connectivity index (χ4n) is 4.08. The number of cyclic esters (lactones) is 1. The molecule has 0 aromatic heterocycles. The van der Waals surface area contributed by atoms with E-state index in [0.29, 0.717) is 12.2 Å². The molecule has 1 aromatic rings. The summed E-state index contributed by atoms with van der Waals surface area (Å²) in [5.74, 6) is -4.31. The van der Waals surface area contributed by atoms with E-state index in [0.717, 1.165) is 28.1 Å². The van der Waals surface area contributed by atoms with Gasteiger partial charge in [-0.2, -0.15) is 4.33 Å². The molecular weight excluding hydrogens is 491 g/mol. The van der Waals surface area contributed by atoms with Crippen LogP contribution >= 0.6 is 12.0 Å². The summed E-state index contributed by atoms with van der Waals surface area (Å²) < 4.78 is 34.6. The maximum atomic E-state index is 12.3. The van der Waals surface area contributed by atoms with E-state index in [1.54, 1.807) is 0 Å². The van der Waals surface area contributed by atoms with Crippen molar-refractivity contribution >= 4 is 23.6 Å². The minimum atomic E-state index is -1.74. The molecule has 0 amide bonds. The van der Waals surface area contributed by atoms with Crippen LogP contribution in [-0.2, 0) is 37.7 Å². The molecular formula is C23H27NaO10S. The molecule has 35 heavy (non-hydrogen) atoms. The molecule has 0 radical (unpaired) electrons. The van der Waals surface area contributed by atoms with E-state index in [1.165, 1.54) is 7.11 Å². The molecule has 1 N–H and O–H groups in total. The number of rotatable bonds is 8. The Morgan fingerprint density at radius 1 is 1.29 bits per heavy atom. The zero-order valence-corrected chi connectivity index (χ0v) is 23.3. The zero-order valence-electron chi connectivity index (χ0n) is 20.5. The fraction of sp³-hybridized carbons (Fsp3) is 0.522. The van der Waals surface area contributed by atoms with E-state index < -0.39 is 41.3 Å². The van der Waals surface area contributed by atoms with Gasteiger partial charge in [0.05, 0.1) is 31.9 Å². The van der Waals surface area contributed by atoms with E-state index in [4.69, 9.17) is 28.0 Å². The van der Waals surface area contributed by atoms with Gasteiger partial charge in [-0.3, -0.25) is 0 Å². The van der Waals surface area contributed by atoms with Crippen LogP contribution in [0.5, 0.6) is 0 Å². The second-order valence-corrected chi connectivity index (χ2v) is 9.24. The molecule has 0 saturated carbocycles. The Balaban J connectivity index is 0.00000342. The number of benzene rings is 1. The van der Waals surface area contributed by atoms with Gasteiger partial charge < -0.3 is 33.9 Å². The topological polar surface area (TPSA) is 125 Å². The van der Waals surface area contributed by atoms with E-state index in [-0.39, 0.29) is 42.3 Å². The molecule has 4 atom stereocenters. The van der Waals surface area contributed by atoms with Gasteiger partial charge in [-0.05, 0) is 50.6 Å². The molecule has 3 aliphatic heterocycles. The third-order valence-electron chi connectivity index (χ3n) is 5.76. The summed E-state index contributed by atoms with van der Waals surface area (Å²) in [5, 5.41) is 21.9. The predicted molar refractivity (Wildman–Crippen MR) is 116 cm³/mol. The first-order valence-electron chi connectivity index (χ1n) is 10.9. The van der Waals surface area contributed by atoms with Gasteiger partial charge in [0.2, 0.25) is 0 Å². The second kappa shape index (κ2) is 11.0. The second-order valence-electron chi connectivity index (χ2n) is 8.46. The summed E-state index contributed by atoms with van der Waals surface area (Å²) in [5.41, 5.74) is 0.697. The van der Waals surface area contributed by atoms with Gasteiger partial charge in [-0.15, -0.1) is 0 Å². The Morgan fingerprint density at radius 2 is 1.97 bits per heavy atom. The van der Waals surface area contributed by atoms with Crippen LogP contribution in [-0.4, -0.2) is 54.7 Å². The quantitative estimate of drug-likeness (QED) is 0.161. The molecule has 1 fully saturated rings. The van der Waals surface area contributed by atoms with Crippen molar-refractivity contribution in [3.05, 3.63) is 47.1 Å². The van der Waals surface area contributed by atoms with Crippen molar-refractivity contribution in [1.82, 2.24) is 0 Å². The molecule has 0 bridgehead atoms. The SMILES string of the molecule is CC[C@@]1(C)OC2(OC[C@@H]([C@H]3OC(=O)C(O)=C3[O-])O2)C(OC(C)C)=C1c1ccc(SOOC)cc1.[Na+]. The summed E-state index contributed by atoms with van der Waals surface area (Å²) in [6.07, 6.45) is -2.01. The van der Waals surface area contributed by atoms with Crippen molar-refractivity contribution < 1.29 is 77.5 Å². The van der Waals surface area contributed by atoms with Crippen molar-refractivity contribution in [3.63, 3.8) is 0 Å². The Bertz CT molecular complexity index is 1010. The number of hydrogen-bond donors (Lipinski definition) is 1. The molecule has 12 heteroatoms. The first-order valence-corrected chi connectivity index (χ1v) is 11.6. The molecule has 4 rings (SSSR count). The van der Waals surface area contributed by atoms with E-state index in [2.05, 4.69) is 4.89 Å². The number of hydrogen-bond acceptors (Lipinski definition) is 11. The summed E-state index contributed by atoms with van der Waals surface area (Å²) in [6, 6.07) is 7.54. The zero-order chi connectivity index (χ0) is 24.7. The van der Waals surface area contributed by atoms with Crippen LogP contribution < -0.4 is 34.7 Å².